The summed E-state index contributed by atoms with van der Waals surface area (Å²) in [4.78, 5) is 13.6. The van der Waals surface area contributed by atoms with E-state index in [1.807, 2.05) is 12.1 Å². The summed E-state index contributed by atoms with van der Waals surface area (Å²) in [5.41, 5.74) is 2.16. The van der Waals surface area contributed by atoms with Gasteiger partial charge in [0.25, 0.3) is 0 Å². The quantitative estimate of drug-likeness (QED) is 0.706. The number of carbonyl (C=O) groups is 1. The minimum atomic E-state index is 0.587. The highest BCUT2D eigenvalue weighted by atomic mass is 16.1. The molecule has 3 aliphatic rings. The standard InChI is InChI=1S/C14H17NO/c16-10-12-3-1-2-4-13(12)14-9-15-7-5-11(14)6-8-15/h1-4,10-11,14H,5-9H2. The monoisotopic (exact) mass is 215 g/mol. The van der Waals surface area contributed by atoms with Gasteiger partial charge in [0.1, 0.15) is 6.29 Å². The van der Waals surface area contributed by atoms with Gasteiger partial charge in [-0.3, -0.25) is 4.79 Å². The lowest BCUT2D eigenvalue weighted by Gasteiger charge is -2.45. The minimum absolute atomic E-state index is 0.587. The molecular weight excluding hydrogens is 198 g/mol. The minimum Gasteiger partial charge on any atom is -0.303 e. The van der Waals surface area contributed by atoms with Gasteiger partial charge in [-0.25, -0.2) is 0 Å². The van der Waals surface area contributed by atoms with Gasteiger partial charge in [0.15, 0.2) is 0 Å². The summed E-state index contributed by atoms with van der Waals surface area (Å²) in [5, 5.41) is 0. The summed E-state index contributed by atoms with van der Waals surface area (Å²) >= 11 is 0. The van der Waals surface area contributed by atoms with E-state index in [-0.39, 0.29) is 0 Å². The van der Waals surface area contributed by atoms with Crippen LogP contribution in [0.5, 0.6) is 0 Å². The molecule has 0 amide bonds. The van der Waals surface area contributed by atoms with Crippen molar-refractivity contribution in [2.24, 2.45) is 5.92 Å². The van der Waals surface area contributed by atoms with E-state index in [9.17, 15) is 4.79 Å². The predicted octanol–water partition coefficient (Wildman–Crippen LogP) is 2.31. The first-order chi connectivity index (χ1) is 7.88. The third kappa shape index (κ3) is 1.57. The third-order valence-electron chi connectivity index (χ3n) is 4.18. The highest BCUT2D eigenvalue weighted by molar-refractivity contribution is 5.77. The normalized spacial score (nSPS) is 32.6. The Bertz CT molecular complexity index is 393. The maximum absolute atomic E-state index is 11.1. The lowest BCUT2D eigenvalue weighted by atomic mass is 9.74. The van der Waals surface area contributed by atoms with Crippen LogP contribution >= 0.6 is 0 Å². The summed E-state index contributed by atoms with van der Waals surface area (Å²) in [7, 11) is 0. The van der Waals surface area contributed by atoms with Gasteiger partial charge in [-0.2, -0.15) is 0 Å². The first-order valence-electron chi connectivity index (χ1n) is 6.15. The summed E-state index contributed by atoms with van der Waals surface area (Å²) in [6.45, 7) is 3.66. The number of carbonyl (C=O) groups excluding carboxylic acids is 1. The van der Waals surface area contributed by atoms with E-state index in [2.05, 4.69) is 17.0 Å². The highest BCUT2D eigenvalue weighted by Crippen LogP contribution is 2.39. The predicted molar refractivity (Wildman–Crippen MR) is 63.7 cm³/mol. The van der Waals surface area contributed by atoms with Crippen molar-refractivity contribution in [1.29, 1.82) is 0 Å². The number of hydrogen-bond donors (Lipinski definition) is 0. The van der Waals surface area contributed by atoms with Gasteiger partial charge in [-0.05, 0) is 37.4 Å². The molecule has 1 aromatic rings. The van der Waals surface area contributed by atoms with E-state index in [4.69, 9.17) is 0 Å². The van der Waals surface area contributed by atoms with E-state index in [0.717, 1.165) is 24.3 Å². The first kappa shape index (κ1) is 10.0. The number of rotatable bonds is 2. The third-order valence-corrected chi connectivity index (χ3v) is 4.18. The molecule has 3 fully saturated rings. The second kappa shape index (κ2) is 4.02. The Kier molecular flexibility index (Phi) is 2.52. The van der Waals surface area contributed by atoms with E-state index < -0.39 is 0 Å². The van der Waals surface area contributed by atoms with Crippen molar-refractivity contribution < 1.29 is 4.79 Å². The SMILES string of the molecule is O=Cc1ccccc1C1CN2CCC1CC2. The van der Waals surface area contributed by atoms with Crippen LogP contribution in [0.3, 0.4) is 0 Å². The Morgan fingerprint density at radius 2 is 1.94 bits per heavy atom. The van der Waals surface area contributed by atoms with Crippen LogP contribution < -0.4 is 0 Å². The van der Waals surface area contributed by atoms with Gasteiger partial charge in [0, 0.05) is 18.0 Å². The molecule has 1 aromatic carbocycles. The zero-order chi connectivity index (χ0) is 11.0. The molecule has 84 valence electrons. The van der Waals surface area contributed by atoms with Gasteiger partial charge in [0.05, 0.1) is 0 Å². The second-order valence-electron chi connectivity index (χ2n) is 4.99. The lowest BCUT2D eigenvalue weighted by molar-refractivity contribution is 0.0864. The lowest BCUT2D eigenvalue weighted by Crippen LogP contribution is -2.46. The Morgan fingerprint density at radius 1 is 1.19 bits per heavy atom. The molecule has 2 heteroatoms. The van der Waals surface area contributed by atoms with Crippen molar-refractivity contribution >= 4 is 6.29 Å². The maximum atomic E-state index is 11.1. The van der Waals surface area contributed by atoms with Gasteiger partial charge in [-0.15, -0.1) is 0 Å². The average Bonchev–Trinajstić information content (AvgIpc) is 2.40. The Hall–Kier alpha value is -1.15. The van der Waals surface area contributed by atoms with E-state index in [1.54, 1.807) is 0 Å². The van der Waals surface area contributed by atoms with Crippen LogP contribution in [0.1, 0.15) is 34.7 Å². The van der Waals surface area contributed by atoms with Crippen molar-refractivity contribution in [3.05, 3.63) is 35.4 Å². The molecule has 2 nitrogen and oxygen atoms in total. The highest BCUT2D eigenvalue weighted by Gasteiger charge is 2.35. The summed E-state index contributed by atoms with van der Waals surface area (Å²) < 4.78 is 0. The fourth-order valence-electron chi connectivity index (χ4n) is 3.27. The van der Waals surface area contributed by atoms with Crippen molar-refractivity contribution in [3.63, 3.8) is 0 Å². The van der Waals surface area contributed by atoms with E-state index >= 15 is 0 Å². The Balaban J connectivity index is 1.94. The largest absolute Gasteiger partial charge is 0.303 e. The van der Waals surface area contributed by atoms with E-state index in [0.29, 0.717) is 5.92 Å². The topological polar surface area (TPSA) is 20.3 Å². The maximum Gasteiger partial charge on any atom is 0.150 e. The molecule has 2 bridgehead atoms. The van der Waals surface area contributed by atoms with Gasteiger partial charge in [-0.1, -0.05) is 24.3 Å². The summed E-state index contributed by atoms with van der Waals surface area (Å²) in [6.07, 6.45) is 3.61. The molecular formula is C14H17NO. The van der Waals surface area contributed by atoms with Crippen LogP contribution in [0.4, 0.5) is 0 Å². The van der Waals surface area contributed by atoms with Gasteiger partial charge >= 0.3 is 0 Å². The molecule has 0 spiro atoms. The number of piperidine rings is 3. The summed E-state index contributed by atoms with van der Waals surface area (Å²) in [6, 6.07) is 8.09. The van der Waals surface area contributed by atoms with Crippen LogP contribution in [-0.4, -0.2) is 30.8 Å². The molecule has 0 aromatic heterocycles. The fraction of sp³-hybridized carbons (Fsp3) is 0.500. The Labute approximate surface area is 96.3 Å². The number of nitrogens with zero attached hydrogens (tertiary/aromatic N) is 1. The van der Waals surface area contributed by atoms with Crippen LogP contribution in [0.25, 0.3) is 0 Å². The smallest absolute Gasteiger partial charge is 0.150 e. The molecule has 1 atom stereocenters. The molecule has 0 radical (unpaired) electrons. The molecule has 3 heterocycles. The van der Waals surface area contributed by atoms with Crippen molar-refractivity contribution in [2.45, 2.75) is 18.8 Å². The number of aldehydes is 1. The molecule has 16 heavy (non-hydrogen) atoms. The molecule has 0 N–H and O–H groups in total. The van der Waals surface area contributed by atoms with Gasteiger partial charge < -0.3 is 4.90 Å². The van der Waals surface area contributed by atoms with Crippen LogP contribution in [-0.2, 0) is 0 Å². The number of fused-ring (bicyclic) bond motifs is 3. The van der Waals surface area contributed by atoms with Crippen LogP contribution in [0, 0.1) is 5.92 Å². The molecule has 3 aliphatic heterocycles. The van der Waals surface area contributed by atoms with Crippen LogP contribution in [0.2, 0.25) is 0 Å². The molecule has 0 saturated carbocycles. The zero-order valence-electron chi connectivity index (χ0n) is 9.43. The Morgan fingerprint density at radius 3 is 2.56 bits per heavy atom. The van der Waals surface area contributed by atoms with E-state index in [1.165, 1.54) is 31.5 Å². The van der Waals surface area contributed by atoms with Crippen LogP contribution in [0.15, 0.2) is 24.3 Å². The molecule has 0 aliphatic carbocycles. The molecule has 3 saturated heterocycles. The van der Waals surface area contributed by atoms with Crippen molar-refractivity contribution in [2.75, 3.05) is 19.6 Å². The van der Waals surface area contributed by atoms with Crippen molar-refractivity contribution in [1.82, 2.24) is 4.90 Å². The number of benzene rings is 1. The molecule has 4 rings (SSSR count). The summed E-state index contributed by atoms with van der Waals surface area (Å²) in [5.74, 6) is 1.38. The zero-order valence-corrected chi connectivity index (χ0v) is 9.43. The van der Waals surface area contributed by atoms with Gasteiger partial charge in [0.2, 0.25) is 0 Å². The average molecular weight is 215 g/mol. The molecule has 1 unspecified atom stereocenters. The number of hydrogen-bond acceptors (Lipinski definition) is 2. The fourth-order valence-corrected chi connectivity index (χ4v) is 3.27. The second-order valence-corrected chi connectivity index (χ2v) is 4.99. The first-order valence-corrected chi connectivity index (χ1v) is 6.15. The van der Waals surface area contributed by atoms with Crippen molar-refractivity contribution in [3.8, 4) is 0 Å².